The molecule has 0 aliphatic carbocycles. The summed E-state index contributed by atoms with van der Waals surface area (Å²) in [6.45, 7) is 9.94. The third-order valence-corrected chi connectivity index (χ3v) is 2.98. The second-order valence-electron chi connectivity index (χ2n) is 4.18. The average molecular weight is 186 g/mol. The molecule has 1 saturated heterocycles. The first-order chi connectivity index (χ1) is 6.19. The van der Waals surface area contributed by atoms with Gasteiger partial charge in [-0.2, -0.15) is 0 Å². The highest BCUT2D eigenvalue weighted by molar-refractivity contribution is 4.86. The Morgan fingerprint density at radius 3 is 2.69 bits per heavy atom. The number of hydrogen-bond acceptors (Lipinski definition) is 3. The molecule has 2 unspecified atom stereocenters. The first kappa shape index (κ1) is 11.0. The highest BCUT2D eigenvalue weighted by Gasteiger charge is 2.27. The lowest BCUT2D eigenvalue weighted by Crippen LogP contribution is -2.59. The SMILES string of the molecule is CCN1CC(C(C)C)NCC1CO. The molecule has 1 aliphatic heterocycles. The lowest BCUT2D eigenvalue weighted by Gasteiger charge is -2.40. The lowest BCUT2D eigenvalue weighted by molar-refractivity contribution is 0.0749. The minimum atomic E-state index is 0.269. The number of rotatable bonds is 3. The van der Waals surface area contributed by atoms with Gasteiger partial charge in [-0.15, -0.1) is 0 Å². The van der Waals surface area contributed by atoms with E-state index in [9.17, 15) is 0 Å². The molecular formula is C10H22N2O. The van der Waals surface area contributed by atoms with E-state index in [1.165, 1.54) is 0 Å². The van der Waals surface area contributed by atoms with Gasteiger partial charge in [-0.05, 0) is 12.5 Å². The third-order valence-electron chi connectivity index (χ3n) is 2.98. The van der Waals surface area contributed by atoms with Crippen LogP contribution in [0.5, 0.6) is 0 Å². The van der Waals surface area contributed by atoms with E-state index in [1.54, 1.807) is 0 Å². The number of aliphatic hydroxyl groups is 1. The first-order valence-corrected chi connectivity index (χ1v) is 5.27. The van der Waals surface area contributed by atoms with E-state index in [4.69, 9.17) is 5.11 Å². The summed E-state index contributed by atoms with van der Waals surface area (Å²) in [4.78, 5) is 2.36. The van der Waals surface area contributed by atoms with Gasteiger partial charge in [0.1, 0.15) is 0 Å². The summed E-state index contributed by atoms with van der Waals surface area (Å²) < 4.78 is 0. The van der Waals surface area contributed by atoms with Gasteiger partial charge in [0.05, 0.1) is 6.61 Å². The molecule has 3 nitrogen and oxygen atoms in total. The summed E-state index contributed by atoms with van der Waals surface area (Å²) in [5.74, 6) is 0.675. The summed E-state index contributed by atoms with van der Waals surface area (Å²) in [6.07, 6.45) is 0. The summed E-state index contributed by atoms with van der Waals surface area (Å²) in [5, 5.41) is 12.6. The molecule has 13 heavy (non-hydrogen) atoms. The fraction of sp³-hybridized carbons (Fsp3) is 1.00. The normalized spacial score (nSPS) is 31.2. The highest BCUT2D eigenvalue weighted by atomic mass is 16.3. The zero-order valence-electron chi connectivity index (χ0n) is 8.95. The topological polar surface area (TPSA) is 35.5 Å². The van der Waals surface area contributed by atoms with Gasteiger partial charge in [0.15, 0.2) is 0 Å². The zero-order valence-corrected chi connectivity index (χ0v) is 8.95. The molecule has 78 valence electrons. The van der Waals surface area contributed by atoms with Crippen LogP contribution in [0, 0.1) is 5.92 Å². The van der Waals surface area contributed by atoms with Gasteiger partial charge in [-0.25, -0.2) is 0 Å². The van der Waals surface area contributed by atoms with Gasteiger partial charge in [0, 0.05) is 25.2 Å². The predicted octanol–water partition coefficient (Wildman–Crippen LogP) is 0.297. The first-order valence-electron chi connectivity index (χ1n) is 5.27. The Morgan fingerprint density at radius 2 is 2.23 bits per heavy atom. The number of aliphatic hydroxyl groups excluding tert-OH is 1. The second kappa shape index (κ2) is 4.94. The molecule has 0 aromatic rings. The van der Waals surface area contributed by atoms with E-state index in [0.717, 1.165) is 19.6 Å². The monoisotopic (exact) mass is 186 g/mol. The van der Waals surface area contributed by atoms with Crippen molar-refractivity contribution in [1.82, 2.24) is 10.2 Å². The van der Waals surface area contributed by atoms with Crippen molar-refractivity contribution >= 4 is 0 Å². The molecule has 1 heterocycles. The second-order valence-corrected chi connectivity index (χ2v) is 4.18. The van der Waals surface area contributed by atoms with Crippen molar-refractivity contribution in [3.63, 3.8) is 0 Å². The van der Waals surface area contributed by atoms with Gasteiger partial charge >= 0.3 is 0 Å². The molecule has 0 amide bonds. The van der Waals surface area contributed by atoms with E-state index in [0.29, 0.717) is 18.0 Å². The Hall–Kier alpha value is -0.120. The Balaban J connectivity index is 2.47. The Kier molecular flexibility index (Phi) is 4.16. The van der Waals surface area contributed by atoms with Crippen LogP contribution in [0.1, 0.15) is 20.8 Å². The van der Waals surface area contributed by atoms with Crippen LogP contribution in [0.3, 0.4) is 0 Å². The van der Waals surface area contributed by atoms with Crippen LogP contribution in [0.2, 0.25) is 0 Å². The van der Waals surface area contributed by atoms with Crippen LogP contribution in [0.25, 0.3) is 0 Å². The van der Waals surface area contributed by atoms with Gasteiger partial charge < -0.3 is 10.4 Å². The lowest BCUT2D eigenvalue weighted by atomic mass is 10.00. The van der Waals surface area contributed by atoms with Gasteiger partial charge in [-0.1, -0.05) is 20.8 Å². The molecule has 0 aromatic carbocycles. The van der Waals surface area contributed by atoms with Crippen molar-refractivity contribution in [2.45, 2.75) is 32.9 Å². The van der Waals surface area contributed by atoms with E-state index in [2.05, 4.69) is 31.0 Å². The predicted molar refractivity (Wildman–Crippen MR) is 54.7 cm³/mol. The van der Waals surface area contributed by atoms with Crippen LogP contribution < -0.4 is 5.32 Å². The molecule has 0 bridgehead atoms. The summed E-state index contributed by atoms with van der Waals surface area (Å²) in [6, 6.07) is 0.905. The van der Waals surface area contributed by atoms with E-state index in [1.807, 2.05) is 0 Å². The molecule has 0 saturated carbocycles. The van der Waals surface area contributed by atoms with Crippen LogP contribution in [0.4, 0.5) is 0 Å². The number of hydrogen-bond donors (Lipinski definition) is 2. The fourth-order valence-electron chi connectivity index (χ4n) is 1.90. The zero-order chi connectivity index (χ0) is 9.84. The Labute approximate surface area is 81.1 Å². The molecule has 1 rings (SSSR count). The van der Waals surface area contributed by atoms with Crippen LogP contribution >= 0.6 is 0 Å². The summed E-state index contributed by atoms with van der Waals surface area (Å²) in [7, 11) is 0. The van der Waals surface area contributed by atoms with Gasteiger partial charge in [0.2, 0.25) is 0 Å². The van der Waals surface area contributed by atoms with Crippen LogP contribution in [0.15, 0.2) is 0 Å². The number of nitrogens with one attached hydrogen (secondary N) is 1. The Morgan fingerprint density at radius 1 is 1.54 bits per heavy atom. The molecule has 2 N–H and O–H groups in total. The maximum absolute atomic E-state index is 9.14. The maximum atomic E-state index is 9.14. The van der Waals surface area contributed by atoms with Crippen molar-refractivity contribution in [1.29, 1.82) is 0 Å². The van der Waals surface area contributed by atoms with Crippen LogP contribution in [-0.4, -0.2) is 48.3 Å². The fourth-order valence-corrected chi connectivity index (χ4v) is 1.90. The number of likely N-dealkylation sites (N-methyl/N-ethyl adjacent to an activating group) is 1. The quantitative estimate of drug-likeness (QED) is 0.665. The minimum Gasteiger partial charge on any atom is -0.395 e. The smallest absolute Gasteiger partial charge is 0.0599 e. The van der Waals surface area contributed by atoms with Crippen molar-refractivity contribution in [3.8, 4) is 0 Å². The maximum Gasteiger partial charge on any atom is 0.0599 e. The van der Waals surface area contributed by atoms with Gasteiger partial charge in [0.25, 0.3) is 0 Å². The minimum absolute atomic E-state index is 0.269. The molecule has 1 aliphatic rings. The summed E-state index contributed by atoms with van der Waals surface area (Å²) >= 11 is 0. The number of piperazine rings is 1. The molecule has 0 radical (unpaired) electrons. The average Bonchev–Trinajstić information content (AvgIpc) is 2.16. The van der Waals surface area contributed by atoms with Crippen molar-refractivity contribution in [3.05, 3.63) is 0 Å². The standard InChI is InChI=1S/C10H22N2O/c1-4-12-6-10(8(2)3)11-5-9(12)7-13/h8-11,13H,4-7H2,1-3H3. The molecular weight excluding hydrogens is 164 g/mol. The largest absolute Gasteiger partial charge is 0.395 e. The summed E-state index contributed by atoms with van der Waals surface area (Å²) in [5.41, 5.74) is 0. The molecule has 1 fully saturated rings. The van der Waals surface area contributed by atoms with Crippen molar-refractivity contribution in [2.75, 3.05) is 26.2 Å². The molecule has 0 aromatic heterocycles. The number of nitrogens with zero attached hydrogens (tertiary/aromatic N) is 1. The van der Waals surface area contributed by atoms with E-state index < -0.39 is 0 Å². The van der Waals surface area contributed by atoms with Crippen molar-refractivity contribution < 1.29 is 5.11 Å². The van der Waals surface area contributed by atoms with Gasteiger partial charge in [-0.3, -0.25) is 4.90 Å². The van der Waals surface area contributed by atoms with Crippen LogP contribution in [-0.2, 0) is 0 Å². The molecule has 0 spiro atoms. The van der Waals surface area contributed by atoms with Crippen molar-refractivity contribution in [2.24, 2.45) is 5.92 Å². The van der Waals surface area contributed by atoms with E-state index >= 15 is 0 Å². The Bertz CT molecular complexity index is 150. The molecule has 2 atom stereocenters. The molecule has 3 heteroatoms. The highest BCUT2D eigenvalue weighted by Crippen LogP contribution is 2.11. The third kappa shape index (κ3) is 2.66. The van der Waals surface area contributed by atoms with E-state index in [-0.39, 0.29) is 6.61 Å².